The van der Waals surface area contributed by atoms with Crippen molar-refractivity contribution >= 4 is 40.2 Å². The van der Waals surface area contributed by atoms with E-state index in [0.717, 1.165) is 16.3 Å². The number of nitrogens with zero attached hydrogens (tertiary/aromatic N) is 1. The minimum absolute atomic E-state index is 0.0427. The van der Waals surface area contributed by atoms with Crippen molar-refractivity contribution in [1.29, 1.82) is 0 Å². The molecule has 1 aliphatic rings. The number of anilines is 1. The van der Waals surface area contributed by atoms with E-state index in [1.54, 1.807) is 17.0 Å². The summed E-state index contributed by atoms with van der Waals surface area (Å²) in [6.07, 6.45) is 2.98. The summed E-state index contributed by atoms with van der Waals surface area (Å²) in [4.78, 5) is 53.1. The molecule has 9 heteroatoms. The van der Waals surface area contributed by atoms with Gasteiger partial charge in [-0.1, -0.05) is 54.6 Å². The predicted molar refractivity (Wildman–Crippen MR) is 149 cm³/mol. The maximum Gasteiger partial charge on any atom is 0.337 e. The van der Waals surface area contributed by atoms with E-state index < -0.39 is 29.9 Å². The highest BCUT2D eigenvalue weighted by molar-refractivity contribution is 6.03. The number of amides is 3. The molecule has 0 unspecified atom stereocenters. The van der Waals surface area contributed by atoms with Gasteiger partial charge in [-0.2, -0.15) is 0 Å². The second-order valence-corrected chi connectivity index (χ2v) is 9.75. The van der Waals surface area contributed by atoms with Crippen molar-refractivity contribution < 1.29 is 24.3 Å². The molecule has 1 heterocycles. The number of hydrogen-bond donors (Lipinski definition) is 4. The van der Waals surface area contributed by atoms with Crippen LogP contribution in [0.15, 0.2) is 66.7 Å². The average molecular weight is 531 g/mol. The second-order valence-electron chi connectivity index (χ2n) is 9.75. The highest BCUT2D eigenvalue weighted by Gasteiger charge is 2.36. The lowest BCUT2D eigenvalue weighted by molar-refractivity contribution is -0.138. The quantitative estimate of drug-likeness (QED) is 0.280. The summed E-state index contributed by atoms with van der Waals surface area (Å²) in [6.45, 7) is 0.918. The van der Waals surface area contributed by atoms with Crippen LogP contribution < -0.4 is 16.4 Å². The lowest BCUT2D eigenvalue weighted by Gasteiger charge is -2.27. The van der Waals surface area contributed by atoms with Crippen LogP contribution in [0.5, 0.6) is 0 Å². The fourth-order valence-electron chi connectivity index (χ4n) is 5.08. The number of carbonyl (C=O) groups excluding carboxylic acids is 3. The van der Waals surface area contributed by atoms with Crippen molar-refractivity contribution in [3.8, 4) is 0 Å². The molecule has 0 bridgehead atoms. The molecule has 1 saturated heterocycles. The van der Waals surface area contributed by atoms with Crippen LogP contribution in [-0.4, -0.2) is 58.9 Å². The van der Waals surface area contributed by atoms with Gasteiger partial charge in [0.2, 0.25) is 17.7 Å². The molecule has 4 rings (SSSR count). The largest absolute Gasteiger partial charge is 0.478 e. The van der Waals surface area contributed by atoms with Crippen molar-refractivity contribution in [2.45, 2.75) is 50.6 Å². The van der Waals surface area contributed by atoms with Crippen LogP contribution in [0.25, 0.3) is 10.8 Å². The molecule has 1 fully saturated rings. The number of para-hydroxylation sites is 1. The molecular weight excluding hydrogens is 496 g/mol. The number of nitrogens with two attached hydrogens (primary N) is 1. The molecule has 1 aliphatic heterocycles. The van der Waals surface area contributed by atoms with Crippen LogP contribution in [0.4, 0.5) is 5.69 Å². The molecule has 204 valence electrons. The fraction of sp³-hybridized carbons (Fsp3) is 0.333. The molecule has 0 aliphatic carbocycles. The number of hydrogen-bond acceptors (Lipinski definition) is 5. The van der Waals surface area contributed by atoms with Gasteiger partial charge in [0.1, 0.15) is 12.1 Å². The highest BCUT2D eigenvalue weighted by Crippen LogP contribution is 2.23. The van der Waals surface area contributed by atoms with Crippen LogP contribution in [0.2, 0.25) is 0 Å². The molecule has 0 aromatic heterocycles. The first-order valence-corrected chi connectivity index (χ1v) is 13.3. The van der Waals surface area contributed by atoms with Crippen LogP contribution in [0.1, 0.15) is 48.0 Å². The molecule has 9 nitrogen and oxygen atoms in total. The third kappa shape index (κ3) is 6.80. The van der Waals surface area contributed by atoms with Gasteiger partial charge >= 0.3 is 5.97 Å². The zero-order chi connectivity index (χ0) is 27.8. The van der Waals surface area contributed by atoms with E-state index in [2.05, 4.69) is 10.6 Å². The smallest absolute Gasteiger partial charge is 0.337 e. The highest BCUT2D eigenvalue weighted by atomic mass is 16.4. The summed E-state index contributed by atoms with van der Waals surface area (Å²) in [6, 6.07) is 18.3. The van der Waals surface area contributed by atoms with Crippen LogP contribution >= 0.6 is 0 Å². The number of rotatable bonds is 11. The van der Waals surface area contributed by atoms with Gasteiger partial charge in [-0.05, 0) is 67.1 Å². The van der Waals surface area contributed by atoms with E-state index >= 15 is 0 Å². The molecule has 2 atom stereocenters. The van der Waals surface area contributed by atoms with Crippen LogP contribution in [0.3, 0.4) is 0 Å². The van der Waals surface area contributed by atoms with Gasteiger partial charge in [0.05, 0.1) is 17.7 Å². The Hall–Kier alpha value is -4.24. The Balaban J connectivity index is 1.46. The molecule has 3 aromatic rings. The van der Waals surface area contributed by atoms with Gasteiger partial charge in [0.15, 0.2) is 0 Å². The molecule has 0 spiro atoms. The lowest BCUT2D eigenvalue weighted by Crippen LogP contribution is -2.52. The van der Waals surface area contributed by atoms with Crippen molar-refractivity contribution in [3.05, 3.63) is 77.9 Å². The number of nitrogens with one attached hydrogen (secondary N) is 2. The first-order valence-electron chi connectivity index (χ1n) is 13.3. The van der Waals surface area contributed by atoms with Gasteiger partial charge in [0, 0.05) is 6.54 Å². The summed E-state index contributed by atoms with van der Waals surface area (Å²) >= 11 is 0. The Labute approximate surface area is 227 Å². The van der Waals surface area contributed by atoms with E-state index in [0.29, 0.717) is 45.2 Å². The Kier molecular flexibility index (Phi) is 9.27. The number of carbonyl (C=O) groups is 4. The lowest BCUT2D eigenvalue weighted by atomic mass is 10.0. The Morgan fingerprint density at radius 1 is 0.974 bits per heavy atom. The maximum absolute atomic E-state index is 13.4. The Bertz CT molecular complexity index is 1350. The van der Waals surface area contributed by atoms with Crippen LogP contribution in [-0.2, 0) is 20.8 Å². The van der Waals surface area contributed by atoms with Crippen molar-refractivity contribution in [3.63, 3.8) is 0 Å². The second kappa shape index (κ2) is 13.0. The van der Waals surface area contributed by atoms with E-state index in [-0.39, 0.29) is 23.6 Å². The van der Waals surface area contributed by atoms with E-state index in [1.165, 1.54) is 12.1 Å². The van der Waals surface area contributed by atoms with E-state index in [4.69, 9.17) is 5.73 Å². The molecule has 0 radical (unpaired) electrons. The van der Waals surface area contributed by atoms with Crippen LogP contribution in [0, 0.1) is 0 Å². The standard InChI is InChI=1S/C30H34N4O5/c31-17-6-5-15-25(28(36)32-24-14-4-3-13-23(24)30(38)39)33-29(37)26-16-8-18-34(26)27(35)19-21-11-7-10-20-9-1-2-12-22(20)21/h1-4,7,9-14,25-26H,5-6,8,15-19,31H2,(H,32,36)(H,33,37)(H,38,39)/t25-,26-/m0/s1. The molecule has 5 N–H and O–H groups in total. The van der Waals surface area contributed by atoms with Gasteiger partial charge in [-0.15, -0.1) is 0 Å². The zero-order valence-electron chi connectivity index (χ0n) is 21.8. The minimum atomic E-state index is -1.17. The number of fused-ring (bicyclic) bond motifs is 1. The molecule has 39 heavy (non-hydrogen) atoms. The Morgan fingerprint density at radius 3 is 2.51 bits per heavy atom. The van der Waals surface area contributed by atoms with E-state index in [1.807, 2.05) is 42.5 Å². The number of likely N-dealkylation sites (tertiary alicyclic amines) is 1. The zero-order valence-corrected chi connectivity index (χ0v) is 21.8. The molecule has 3 aromatic carbocycles. The first kappa shape index (κ1) is 27.8. The Morgan fingerprint density at radius 2 is 1.72 bits per heavy atom. The van der Waals surface area contributed by atoms with Gasteiger partial charge < -0.3 is 26.4 Å². The predicted octanol–water partition coefficient (Wildman–Crippen LogP) is 3.32. The number of benzene rings is 3. The van der Waals surface area contributed by atoms with Crippen molar-refractivity contribution in [2.24, 2.45) is 5.73 Å². The maximum atomic E-state index is 13.4. The van der Waals surface area contributed by atoms with Gasteiger partial charge in [-0.25, -0.2) is 4.79 Å². The number of aromatic carboxylic acids is 1. The number of unbranched alkanes of at least 4 members (excludes halogenated alkanes) is 1. The SMILES string of the molecule is NCCCC[C@H](NC(=O)[C@@H]1CCCN1C(=O)Cc1cccc2ccccc12)C(=O)Nc1ccccc1C(=O)O. The first-order chi connectivity index (χ1) is 18.9. The summed E-state index contributed by atoms with van der Waals surface area (Å²) in [5.41, 5.74) is 6.63. The summed E-state index contributed by atoms with van der Waals surface area (Å²) in [5.74, 6) is -2.21. The third-order valence-corrected chi connectivity index (χ3v) is 7.09. The monoisotopic (exact) mass is 530 g/mol. The summed E-state index contributed by atoms with van der Waals surface area (Å²) in [5, 5.41) is 17.0. The molecule has 3 amide bonds. The number of carboxylic acid groups (broad SMARTS) is 1. The summed E-state index contributed by atoms with van der Waals surface area (Å²) in [7, 11) is 0. The summed E-state index contributed by atoms with van der Waals surface area (Å²) < 4.78 is 0. The normalized spacial score (nSPS) is 15.6. The molecular formula is C30H34N4O5. The van der Waals surface area contributed by atoms with Crippen molar-refractivity contribution in [1.82, 2.24) is 10.2 Å². The van der Waals surface area contributed by atoms with Crippen molar-refractivity contribution in [2.75, 3.05) is 18.4 Å². The average Bonchev–Trinajstić information content (AvgIpc) is 3.43. The fourth-order valence-corrected chi connectivity index (χ4v) is 5.08. The minimum Gasteiger partial charge on any atom is -0.478 e. The third-order valence-electron chi connectivity index (χ3n) is 7.09. The van der Waals surface area contributed by atoms with E-state index in [9.17, 15) is 24.3 Å². The topological polar surface area (TPSA) is 142 Å². The molecule has 0 saturated carbocycles. The van der Waals surface area contributed by atoms with Gasteiger partial charge in [-0.3, -0.25) is 14.4 Å². The van der Waals surface area contributed by atoms with Gasteiger partial charge in [0.25, 0.3) is 0 Å². The number of carboxylic acids is 1.